The summed E-state index contributed by atoms with van der Waals surface area (Å²) >= 11 is 1.58. The second-order valence-electron chi connectivity index (χ2n) is 2.63. The SMILES string of the molecule is CCn1c(C)c(C)sc1=NNC=O. The molecule has 1 N–H and O–H groups in total. The van der Waals surface area contributed by atoms with Crippen LogP contribution < -0.4 is 10.2 Å². The lowest BCUT2D eigenvalue weighted by Crippen LogP contribution is -2.19. The molecule has 0 saturated heterocycles. The Morgan fingerprint density at radius 1 is 1.62 bits per heavy atom. The molecule has 72 valence electrons. The summed E-state index contributed by atoms with van der Waals surface area (Å²) in [7, 11) is 0. The molecule has 0 aliphatic rings. The van der Waals surface area contributed by atoms with Crippen LogP contribution in [0.4, 0.5) is 0 Å². The average Bonchev–Trinajstić information content (AvgIpc) is 2.39. The number of aryl methyl sites for hydroxylation is 1. The Morgan fingerprint density at radius 2 is 2.31 bits per heavy atom. The first kappa shape index (κ1) is 9.98. The number of hydrogen-bond acceptors (Lipinski definition) is 3. The number of aromatic nitrogens is 1. The Hall–Kier alpha value is -1.10. The van der Waals surface area contributed by atoms with Crippen molar-refractivity contribution in [1.82, 2.24) is 9.99 Å². The molecule has 0 bridgehead atoms. The van der Waals surface area contributed by atoms with Crippen LogP contribution in [0.15, 0.2) is 5.10 Å². The zero-order chi connectivity index (χ0) is 9.84. The van der Waals surface area contributed by atoms with Crippen molar-refractivity contribution in [3.63, 3.8) is 0 Å². The zero-order valence-corrected chi connectivity index (χ0v) is 8.81. The number of rotatable bonds is 3. The van der Waals surface area contributed by atoms with Crippen LogP contribution in [0.3, 0.4) is 0 Å². The molecule has 1 amide bonds. The van der Waals surface area contributed by atoms with E-state index >= 15 is 0 Å². The number of thiazole rings is 1. The van der Waals surface area contributed by atoms with Gasteiger partial charge in [-0.05, 0) is 20.8 Å². The third-order valence-electron chi connectivity index (χ3n) is 1.92. The van der Waals surface area contributed by atoms with Gasteiger partial charge in [0.1, 0.15) is 0 Å². The monoisotopic (exact) mass is 199 g/mol. The van der Waals surface area contributed by atoms with Crippen LogP contribution in [0.5, 0.6) is 0 Å². The molecule has 0 unspecified atom stereocenters. The minimum Gasteiger partial charge on any atom is -0.320 e. The largest absolute Gasteiger partial charge is 0.320 e. The van der Waals surface area contributed by atoms with E-state index in [1.54, 1.807) is 11.3 Å². The minimum absolute atomic E-state index is 0.574. The van der Waals surface area contributed by atoms with Crippen LogP contribution >= 0.6 is 11.3 Å². The molecule has 5 heteroatoms. The Bertz CT molecular complexity index is 364. The smallest absolute Gasteiger partial charge is 0.227 e. The number of amides is 1. The molecule has 1 heterocycles. The highest BCUT2D eigenvalue weighted by molar-refractivity contribution is 7.09. The Balaban J connectivity index is 3.20. The Kier molecular flexibility index (Phi) is 3.25. The minimum atomic E-state index is 0.574. The van der Waals surface area contributed by atoms with E-state index in [-0.39, 0.29) is 0 Å². The summed E-state index contributed by atoms with van der Waals surface area (Å²) in [5.74, 6) is 0. The average molecular weight is 199 g/mol. The predicted molar refractivity (Wildman–Crippen MR) is 52.2 cm³/mol. The molecular weight excluding hydrogens is 186 g/mol. The molecule has 0 atom stereocenters. The lowest BCUT2D eigenvalue weighted by molar-refractivity contribution is -0.109. The van der Waals surface area contributed by atoms with Gasteiger partial charge in [-0.25, -0.2) is 5.43 Å². The van der Waals surface area contributed by atoms with E-state index in [0.29, 0.717) is 6.41 Å². The van der Waals surface area contributed by atoms with E-state index in [1.807, 2.05) is 6.92 Å². The maximum Gasteiger partial charge on any atom is 0.227 e. The third-order valence-corrected chi connectivity index (χ3v) is 3.01. The van der Waals surface area contributed by atoms with Crippen LogP contribution in [0.25, 0.3) is 0 Å². The van der Waals surface area contributed by atoms with Gasteiger partial charge in [-0.3, -0.25) is 4.79 Å². The van der Waals surface area contributed by atoms with Gasteiger partial charge in [-0.2, -0.15) is 0 Å². The van der Waals surface area contributed by atoms with Gasteiger partial charge >= 0.3 is 0 Å². The highest BCUT2D eigenvalue weighted by Crippen LogP contribution is 2.08. The highest BCUT2D eigenvalue weighted by Gasteiger charge is 2.03. The van der Waals surface area contributed by atoms with E-state index in [2.05, 4.69) is 28.9 Å². The zero-order valence-electron chi connectivity index (χ0n) is 8.00. The lowest BCUT2D eigenvalue weighted by Gasteiger charge is -1.99. The summed E-state index contributed by atoms with van der Waals surface area (Å²) < 4.78 is 2.07. The number of carbonyl (C=O) groups is 1. The van der Waals surface area contributed by atoms with Crippen LogP contribution in [0, 0.1) is 13.8 Å². The van der Waals surface area contributed by atoms with Gasteiger partial charge in [0, 0.05) is 17.1 Å². The van der Waals surface area contributed by atoms with Gasteiger partial charge in [0.2, 0.25) is 11.2 Å². The standard InChI is InChI=1S/C8H13N3OS/c1-4-11-6(2)7(3)13-8(11)10-9-5-12/h5H,4H2,1-3H3,(H,9,12). The molecule has 1 rings (SSSR count). The molecule has 0 saturated carbocycles. The van der Waals surface area contributed by atoms with Crippen LogP contribution in [-0.4, -0.2) is 11.0 Å². The fraction of sp³-hybridized carbons (Fsp3) is 0.500. The quantitative estimate of drug-likeness (QED) is 0.566. The number of carbonyl (C=O) groups excluding carboxylic acids is 1. The van der Waals surface area contributed by atoms with Gasteiger partial charge in [0.25, 0.3) is 0 Å². The summed E-state index contributed by atoms with van der Waals surface area (Å²) in [6.07, 6.45) is 0.574. The summed E-state index contributed by atoms with van der Waals surface area (Å²) in [6.45, 7) is 7.02. The second-order valence-corrected chi connectivity index (χ2v) is 3.81. The fourth-order valence-electron chi connectivity index (χ4n) is 1.14. The van der Waals surface area contributed by atoms with Crippen molar-refractivity contribution in [1.29, 1.82) is 0 Å². The van der Waals surface area contributed by atoms with Crippen molar-refractivity contribution in [3.05, 3.63) is 15.4 Å². The van der Waals surface area contributed by atoms with E-state index in [1.165, 1.54) is 10.6 Å². The molecule has 13 heavy (non-hydrogen) atoms. The molecule has 0 spiro atoms. The second kappa shape index (κ2) is 4.23. The first-order chi connectivity index (χ1) is 6.20. The first-order valence-electron chi connectivity index (χ1n) is 4.10. The molecule has 1 aromatic heterocycles. The highest BCUT2D eigenvalue weighted by atomic mass is 32.1. The third kappa shape index (κ3) is 1.98. The van der Waals surface area contributed by atoms with E-state index in [0.717, 1.165) is 11.3 Å². The maximum absolute atomic E-state index is 10.1. The summed E-state index contributed by atoms with van der Waals surface area (Å²) in [5, 5.41) is 3.94. The molecule has 0 aliphatic heterocycles. The number of nitrogens with zero attached hydrogens (tertiary/aromatic N) is 2. The lowest BCUT2D eigenvalue weighted by atomic mass is 10.4. The van der Waals surface area contributed by atoms with E-state index in [9.17, 15) is 4.79 Å². The normalized spacial score (nSPS) is 11.8. The molecule has 4 nitrogen and oxygen atoms in total. The van der Waals surface area contributed by atoms with Gasteiger partial charge in [-0.15, -0.1) is 16.4 Å². The van der Waals surface area contributed by atoms with Crippen LogP contribution in [0.1, 0.15) is 17.5 Å². The van der Waals surface area contributed by atoms with Crippen LogP contribution in [-0.2, 0) is 11.3 Å². The first-order valence-corrected chi connectivity index (χ1v) is 4.92. The van der Waals surface area contributed by atoms with Gasteiger partial charge in [0.15, 0.2) is 0 Å². The molecule has 0 radical (unpaired) electrons. The molecule has 1 aromatic rings. The fourth-order valence-corrected chi connectivity index (χ4v) is 2.14. The van der Waals surface area contributed by atoms with Crippen molar-refractivity contribution in [2.75, 3.05) is 0 Å². The van der Waals surface area contributed by atoms with Gasteiger partial charge in [-0.1, -0.05) is 0 Å². The van der Waals surface area contributed by atoms with Crippen molar-refractivity contribution in [2.24, 2.45) is 5.10 Å². The topological polar surface area (TPSA) is 46.4 Å². The van der Waals surface area contributed by atoms with Gasteiger partial charge < -0.3 is 4.57 Å². The predicted octanol–water partition coefficient (Wildman–Crippen LogP) is 0.748. The maximum atomic E-state index is 10.1. The molecule has 0 fully saturated rings. The number of nitrogens with one attached hydrogen (secondary N) is 1. The molecule has 0 aromatic carbocycles. The Morgan fingerprint density at radius 3 is 2.85 bits per heavy atom. The van der Waals surface area contributed by atoms with Crippen molar-refractivity contribution in [2.45, 2.75) is 27.3 Å². The van der Waals surface area contributed by atoms with Crippen molar-refractivity contribution in [3.8, 4) is 0 Å². The molecular formula is C8H13N3OS. The van der Waals surface area contributed by atoms with E-state index in [4.69, 9.17) is 0 Å². The summed E-state index contributed by atoms with van der Waals surface area (Å²) in [5.41, 5.74) is 3.52. The van der Waals surface area contributed by atoms with Gasteiger partial charge in [0.05, 0.1) is 0 Å². The molecule has 0 aliphatic carbocycles. The van der Waals surface area contributed by atoms with Crippen molar-refractivity contribution < 1.29 is 4.79 Å². The van der Waals surface area contributed by atoms with Crippen molar-refractivity contribution >= 4 is 17.7 Å². The van der Waals surface area contributed by atoms with Crippen LogP contribution in [0.2, 0.25) is 0 Å². The Labute approximate surface area is 80.9 Å². The van der Waals surface area contributed by atoms with E-state index < -0.39 is 0 Å². The number of hydrogen-bond donors (Lipinski definition) is 1. The summed E-state index contributed by atoms with van der Waals surface area (Å²) in [4.78, 5) is 12.1. The summed E-state index contributed by atoms with van der Waals surface area (Å²) in [6, 6.07) is 0.